The van der Waals surface area contributed by atoms with Crippen LogP contribution in [0.15, 0.2) is 23.2 Å². The lowest BCUT2D eigenvalue weighted by atomic mass is 10.0. The lowest BCUT2D eigenvalue weighted by Gasteiger charge is -2.14. The second-order valence-corrected chi connectivity index (χ2v) is 2.54. The summed E-state index contributed by atoms with van der Waals surface area (Å²) in [5.41, 5.74) is 3.97. The van der Waals surface area contributed by atoms with Gasteiger partial charge in [0.2, 0.25) is 0 Å². The summed E-state index contributed by atoms with van der Waals surface area (Å²) in [5.74, 6) is -1.13. The van der Waals surface area contributed by atoms with E-state index >= 15 is 0 Å². The first-order valence-corrected chi connectivity index (χ1v) is 3.33. The molecular formula is C7H7F4N. The molecule has 0 aromatic rings. The number of nitrogens with two attached hydrogens (primary N) is 1. The molecule has 1 aliphatic carbocycles. The van der Waals surface area contributed by atoms with E-state index in [1.165, 1.54) is 0 Å². The van der Waals surface area contributed by atoms with Gasteiger partial charge in [-0.3, -0.25) is 0 Å². The Labute approximate surface area is 66.5 Å². The smallest absolute Gasteiger partial charge is 0.402 e. The molecule has 0 bridgehead atoms. The summed E-state index contributed by atoms with van der Waals surface area (Å²) >= 11 is 0. The van der Waals surface area contributed by atoms with E-state index in [2.05, 4.69) is 0 Å². The van der Waals surface area contributed by atoms with Gasteiger partial charge in [-0.2, -0.15) is 13.2 Å². The fourth-order valence-electron chi connectivity index (χ4n) is 0.960. The van der Waals surface area contributed by atoms with Crippen molar-refractivity contribution in [3.05, 3.63) is 23.2 Å². The van der Waals surface area contributed by atoms with Gasteiger partial charge >= 0.3 is 6.18 Å². The summed E-state index contributed by atoms with van der Waals surface area (Å²) in [6, 6.07) is 0. The molecule has 0 unspecified atom stereocenters. The number of halogens is 4. The van der Waals surface area contributed by atoms with Crippen LogP contribution in [0.3, 0.4) is 0 Å². The Balaban J connectivity index is 3.02. The molecule has 0 spiro atoms. The van der Waals surface area contributed by atoms with Gasteiger partial charge in [-0.15, -0.1) is 0 Å². The van der Waals surface area contributed by atoms with E-state index in [4.69, 9.17) is 5.73 Å². The van der Waals surface area contributed by atoms with Crippen molar-refractivity contribution in [2.75, 3.05) is 0 Å². The molecule has 0 heterocycles. The molecular weight excluding hydrogens is 174 g/mol. The highest BCUT2D eigenvalue weighted by molar-refractivity contribution is 5.33. The van der Waals surface area contributed by atoms with E-state index in [9.17, 15) is 17.6 Å². The minimum Gasteiger partial charge on any atom is -0.402 e. The van der Waals surface area contributed by atoms with Crippen molar-refractivity contribution in [1.82, 2.24) is 0 Å². The number of rotatable bonds is 0. The van der Waals surface area contributed by atoms with Gasteiger partial charge in [-0.25, -0.2) is 4.39 Å². The minimum atomic E-state index is -4.63. The third-order valence-electron chi connectivity index (χ3n) is 1.56. The van der Waals surface area contributed by atoms with Gasteiger partial charge < -0.3 is 5.73 Å². The van der Waals surface area contributed by atoms with Crippen LogP contribution in [0.25, 0.3) is 0 Å². The van der Waals surface area contributed by atoms with Crippen molar-refractivity contribution < 1.29 is 17.6 Å². The van der Waals surface area contributed by atoms with Crippen LogP contribution in [0.1, 0.15) is 12.8 Å². The van der Waals surface area contributed by atoms with Crippen LogP contribution in [0.4, 0.5) is 17.6 Å². The maximum atomic E-state index is 12.6. The van der Waals surface area contributed by atoms with E-state index in [0.29, 0.717) is 6.08 Å². The van der Waals surface area contributed by atoms with Crippen LogP contribution in [0.5, 0.6) is 0 Å². The molecule has 1 rings (SSSR count). The van der Waals surface area contributed by atoms with Gasteiger partial charge in [-0.05, 0) is 12.5 Å². The van der Waals surface area contributed by atoms with Crippen LogP contribution in [0, 0.1) is 0 Å². The summed E-state index contributed by atoms with van der Waals surface area (Å²) in [5, 5.41) is 0. The van der Waals surface area contributed by atoms with Gasteiger partial charge in [0.1, 0.15) is 5.83 Å². The Morgan fingerprint density at radius 2 is 1.83 bits per heavy atom. The molecule has 1 aliphatic rings. The van der Waals surface area contributed by atoms with E-state index < -0.39 is 17.6 Å². The van der Waals surface area contributed by atoms with Crippen LogP contribution in [-0.2, 0) is 0 Å². The minimum absolute atomic E-state index is 0.0729. The zero-order valence-corrected chi connectivity index (χ0v) is 6.08. The zero-order valence-electron chi connectivity index (χ0n) is 6.08. The third kappa shape index (κ3) is 1.78. The number of hydrogen-bond donors (Lipinski definition) is 1. The Kier molecular flexibility index (Phi) is 2.12. The predicted octanol–water partition coefficient (Wildman–Crippen LogP) is 2.41. The summed E-state index contributed by atoms with van der Waals surface area (Å²) in [6.07, 6.45) is -4.07. The highest BCUT2D eigenvalue weighted by Gasteiger charge is 2.36. The first kappa shape index (κ1) is 9.09. The Bertz CT molecular complexity index is 249. The van der Waals surface area contributed by atoms with Crippen molar-refractivity contribution >= 4 is 0 Å². The molecule has 0 saturated heterocycles. The maximum absolute atomic E-state index is 12.6. The van der Waals surface area contributed by atoms with E-state index in [0.717, 1.165) is 0 Å². The predicted molar refractivity (Wildman–Crippen MR) is 35.7 cm³/mol. The Morgan fingerprint density at radius 1 is 1.25 bits per heavy atom. The summed E-state index contributed by atoms with van der Waals surface area (Å²) in [7, 11) is 0. The van der Waals surface area contributed by atoms with Crippen LogP contribution >= 0.6 is 0 Å². The van der Waals surface area contributed by atoms with Crippen molar-refractivity contribution in [3.63, 3.8) is 0 Å². The summed E-state index contributed by atoms with van der Waals surface area (Å²) < 4.78 is 48.5. The molecule has 0 aromatic carbocycles. The second-order valence-electron chi connectivity index (χ2n) is 2.54. The fraction of sp³-hybridized carbons (Fsp3) is 0.429. The van der Waals surface area contributed by atoms with Crippen LogP contribution < -0.4 is 5.73 Å². The fourth-order valence-corrected chi connectivity index (χ4v) is 0.960. The largest absolute Gasteiger partial charge is 0.418 e. The molecule has 5 heteroatoms. The van der Waals surface area contributed by atoms with Gasteiger partial charge in [0, 0.05) is 12.1 Å². The molecule has 0 atom stereocenters. The van der Waals surface area contributed by atoms with Gasteiger partial charge in [-0.1, -0.05) is 0 Å². The van der Waals surface area contributed by atoms with E-state index in [-0.39, 0.29) is 18.5 Å². The Morgan fingerprint density at radius 3 is 2.25 bits per heavy atom. The molecule has 0 aromatic heterocycles. The molecule has 0 amide bonds. The van der Waals surface area contributed by atoms with Gasteiger partial charge in [0.15, 0.2) is 0 Å². The van der Waals surface area contributed by atoms with E-state index in [1.54, 1.807) is 0 Å². The first-order chi connectivity index (χ1) is 5.41. The van der Waals surface area contributed by atoms with Crippen molar-refractivity contribution in [2.24, 2.45) is 5.73 Å². The molecule has 68 valence electrons. The summed E-state index contributed by atoms with van der Waals surface area (Å²) in [4.78, 5) is 0. The topological polar surface area (TPSA) is 26.0 Å². The third-order valence-corrected chi connectivity index (χ3v) is 1.56. The zero-order chi connectivity index (χ0) is 9.35. The normalized spacial score (nSPS) is 19.5. The Hall–Kier alpha value is -1.00. The van der Waals surface area contributed by atoms with Gasteiger partial charge in [0.05, 0.1) is 5.57 Å². The van der Waals surface area contributed by atoms with Crippen LogP contribution in [0.2, 0.25) is 0 Å². The molecule has 0 fully saturated rings. The molecule has 0 radical (unpaired) electrons. The quantitative estimate of drug-likeness (QED) is 0.570. The highest BCUT2D eigenvalue weighted by atomic mass is 19.4. The number of hydrogen-bond acceptors (Lipinski definition) is 1. The molecule has 0 aliphatic heterocycles. The standard InChI is InChI=1S/C7H7F4N/c8-6-2-1-4(12)3-5(6)7(9,10)11/h3H,1-2,12H2. The van der Waals surface area contributed by atoms with E-state index in [1.807, 2.05) is 0 Å². The monoisotopic (exact) mass is 181 g/mol. The van der Waals surface area contributed by atoms with Crippen molar-refractivity contribution in [3.8, 4) is 0 Å². The average Bonchev–Trinajstić information content (AvgIpc) is 1.92. The van der Waals surface area contributed by atoms with Gasteiger partial charge in [0.25, 0.3) is 0 Å². The number of allylic oxidation sites excluding steroid dienone is 4. The molecule has 0 saturated carbocycles. The SMILES string of the molecule is NC1=CC(C(F)(F)F)=C(F)CC1. The lowest BCUT2D eigenvalue weighted by Crippen LogP contribution is -2.16. The van der Waals surface area contributed by atoms with Crippen molar-refractivity contribution in [2.45, 2.75) is 19.0 Å². The summed E-state index contributed by atoms with van der Waals surface area (Å²) in [6.45, 7) is 0. The molecule has 2 N–H and O–H groups in total. The van der Waals surface area contributed by atoms with Crippen LogP contribution in [-0.4, -0.2) is 6.18 Å². The number of alkyl halides is 3. The first-order valence-electron chi connectivity index (χ1n) is 3.33. The maximum Gasteiger partial charge on any atom is 0.418 e. The lowest BCUT2D eigenvalue weighted by molar-refractivity contribution is -0.0905. The van der Waals surface area contributed by atoms with Crippen molar-refractivity contribution in [1.29, 1.82) is 0 Å². The highest BCUT2D eigenvalue weighted by Crippen LogP contribution is 2.34. The average molecular weight is 181 g/mol. The molecule has 1 nitrogen and oxygen atoms in total. The molecule has 12 heavy (non-hydrogen) atoms. The second kappa shape index (κ2) is 2.80.